The number of esters is 1. The number of nitro groups is 2. The van der Waals surface area contributed by atoms with Crippen molar-refractivity contribution in [2.75, 3.05) is 14.2 Å². The number of fused-ring (bicyclic) bond motifs is 1. The number of hydrogen-bond donors (Lipinski definition) is 1. The number of aromatic hydroxyl groups is 1. The minimum absolute atomic E-state index is 0.0425. The molecule has 0 spiro atoms. The van der Waals surface area contributed by atoms with Crippen molar-refractivity contribution in [3.63, 3.8) is 0 Å². The van der Waals surface area contributed by atoms with Gasteiger partial charge < -0.3 is 14.6 Å². The van der Waals surface area contributed by atoms with Crippen LogP contribution in [0.1, 0.15) is 24.1 Å². The fourth-order valence-corrected chi connectivity index (χ4v) is 5.25. The van der Waals surface area contributed by atoms with Crippen LogP contribution in [-0.4, -0.2) is 39.7 Å². The van der Waals surface area contributed by atoms with Crippen molar-refractivity contribution in [2.24, 2.45) is 4.99 Å². The Labute approximate surface area is 221 Å². The minimum Gasteiger partial charge on any atom is -0.502 e. The summed E-state index contributed by atoms with van der Waals surface area (Å²) in [5.41, 5.74) is -1.91. The molecule has 0 saturated heterocycles. The van der Waals surface area contributed by atoms with Crippen molar-refractivity contribution < 1.29 is 29.2 Å². The van der Waals surface area contributed by atoms with Gasteiger partial charge in [-0.3, -0.25) is 29.6 Å². The zero-order chi connectivity index (χ0) is 27.9. The lowest BCUT2D eigenvalue weighted by molar-refractivity contribution is -0.394. The largest absolute Gasteiger partial charge is 0.502 e. The van der Waals surface area contributed by atoms with Crippen LogP contribution in [-0.2, 0) is 9.53 Å². The van der Waals surface area contributed by atoms with E-state index in [-0.39, 0.29) is 26.2 Å². The Morgan fingerprint density at radius 3 is 2.53 bits per heavy atom. The third kappa shape index (κ3) is 4.50. The number of allylic oxidation sites excluding steroid dienone is 1. The lowest BCUT2D eigenvalue weighted by atomic mass is 9.95. The van der Waals surface area contributed by atoms with Crippen LogP contribution in [0.15, 0.2) is 51.4 Å². The maximum atomic E-state index is 13.7. The molecule has 1 atom stereocenters. The first-order chi connectivity index (χ1) is 18.0. The normalized spacial score (nSPS) is 15.1. The highest BCUT2D eigenvalue weighted by Crippen LogP contribution is 2.38. The summed E-state index contributed by atoms with van der Waals surface area (Å²) in [6.45, 7) is 1.56. The molecule has 1 aliphatic rings. The highest BCUT2D eigenvalue weighted by Gasteiger charge is 2.35. The molecule has 4 rings (SSSR count). The number of thiazole rings is 1. The highest BCUT2D eigenvalue weighted by atomic mass is 35.5. The topological polar surface area (TPSA) is 176 Å². The van der Waals surface area contributed by atoms with Gasteiger partial charge in [-0.1, -0.05) is 22.9 Å². The second-order valence-electron chi connectivity index (χ2n) is 7.88. The van der Waals surface area contributed by atoms with E-state index in [1.54, 1.807) is 19.1 Å². The second kappa shape index (κ2) is 10.1. The zero-order valence-electron chi connectivity index (χ0n) is 19.8. The van der Waals surface area contributed by atoms with Crippen molar-refractivity contribution >= 4 is 46.4 Å². The first-order valence-electron chi connectivity index (χ1n) is 10.6. The summed E-state index contributed by atoms with van der Waals surface area (Å²) in [6.07, 6.45) is 1.09. The van der Waals surface area contributed by atoms with Crippen molar-refractivity contribution in [3.8, 4) is 11.5 Å². The van der Waals surface area contributed by atoms with Crippen LogP contribution >= 0.6 is 22.9 Å². The lowest BCUT2D eigenvalue weighted by Crippen LogP contribution is -2.40. The predicted octanol–water partition coefficient (Wildman–Crippen LogP) is 2.59. The number of halogens is 1. The summed E-state index contributed by atoms with van der Waals surface area (Å²) < 4.78 is 11.5. The molecule has 0 saturated carbocycles. The first-order valence-corrected chi connectivity index (χ1v) is 11.8. The van der Waals surface area contributed by atoms with Gasteiger partial charge in [0, 0.05) is 22.2 Å². The molecule has 0 unspecified atom stereocenters. The molecule has 3 aromatic rings. The third-order valence-electron chi connectivity index (χ3n) is 5.71. The molecule has 196 valence electrons. The molecule has 0 amide bonds. The van der Waals surface area contributed by atoms with Gasteiger partial charge in [0.15, 0.2) is 4.80 Å². The van der Waals surface area contributed by atoms with Gasteiger partial charge in [-0.05, 0) is 31.2 Å². The molecular weight excluding hydrogens is 544 g/mol. The van der Waals surface area contributed by atoms with Crippen LogP contribution in [0.2, 0.25) is 5.02 Å². The Morgan fingerprint density at radius 2 is 1.92 bits per heavy atom. The molecular formula is C23H17ClN4O9S. The van der Waals surface area contributed by atoms with E-state index >= 15 is 0 Å². The molecule has 0 aliphatic carbocycles. The summed E-state index contributed by atoms with van der Waals surface area (Å²) in [4.78, 5) is 51.8. The Bertz CT molecular complexity index is 1740. The lowest BCUT2D eigenvalue weighted by Gasteiger charge is -2.25. The number of carbonyl (C=O) groups is 1. The Kier molecular flexibility index (Phi) is 7.02. The molecule has 15 heteroatoms. The van der Waals surface area contributed by atoms with Crippen LogP contribution in [0.4, 0.5) is 11.4 Å². The number of rotatable bonds is 6. The maximum absolute atomic E-state index is 13.7. The smallest absolute Gasteiger partial charge is 0.338 e. The average molecular weight is 561 g/mol. The Hall–Kier alpha value is -4.56. The Morgan fingerprint density at radius 1 is 1.21 bits per heavy atom. The van der Waals surface area contributed by atoms with E-state index in [1.807, 2.05) is 0 Å². The molecule has 1 aliphatic heterocycles. The number of benzene rings is 2. The number of carbonyl (C=O) groups excluding carboxylic acids is 1. The van der Waals surface area contributed by atoms with Gasteiger partial charge >= 0.3 is 11.7 Å². The molecule has 13 nitrogen and oxygen atoms in total. The number of phenols is 1. The van der Waals surface area contributed by atoms with Gasteiger partial charge in [0.25, 0.3) is 11.2 Å². The molecule has 2 aromatic carbocycles. The minimum atomic E-state index is -1.08. The van der Waals surface area contributed by atoms with Crippen LogP contribution in [0.25, 0.3) is 6.08 Å². The highest BCUT2D eigenvalue weighted by molar-refractivity contribution is 7.07. The summed E-state index contributed by atoms with van der Waals surface area (Å²) in [7, 11) is 2.58. The molecule has 0 bridgehead atoms. The quantitative estimate of drug-likeness (QED) is 0.269. The molecule has 2 heterocycles. The fourth-order valence-electron chi connectivity index (χ4n) is 4.03. The van der Waals surface area contributed by atoms with Gasteiger partial charge in [0.2, 0.25) is 5.75 Å². The summed E-state index contributed by atoms with van der Waals surface area (Å²) in [5.74, 6) is -1.29. The fraction of sp³-hybridized carbons (Fsp3) is 0.174. The number of ether oxygens (including phenoxy) is 2. The zero-order valence-corrected chi connectivity index (χ0v) is 21.4. The molecule has 1 N–H and O–H groups in total. The van der Waals surface area contributed by atoms with Crippen LogP contribution < -0.4 is 19.6 Å². The van der Waals surface area contributed by atoms with E-state index < -0.39 is 44.5 Å². The van der Waals surface area contributed by atoms with Crippen LogP contribution in [0.3, 0.4) is 0 Å². The van der Waals surface area contributed by atoms with E-state index in [0.29, 0.717) is 22.4 Å². The van der Waals surface area contributed by atoms with E-state index in [2.05, 4.69) is 4.99 Å². The number of nitro benzene ring substituents is 2. The van der Waals surface area contributed by atoms with E-state index in [0.717, 1.165) is 23.5 Å². The second-order valence-corrected chi connectivity index (χ2v) is 9.32. The SMILES string of the molecule is COC(=O)C1=C(C)N=c2s/c(=C\c3cc([N+](=O)[O-])cc([N+](=O)[O-])c3O)c(=O)n2[C@H]1c1cc(Cl)ccc1OC. The van der Waals surface area contributed by atoms with E-state index in [4.69, 9.17) is 21.1 Å². The number of aromatic nitrogens is 1. The van der Waals surface area contributed by atoms with Crippen molar-refractivity contribution in [1.29, 1.82) is 0 Å². The predicted molar refractivity (Wildman–Crippen MR) is 135 cm³/mol. The number of methoxy groups -OCH3 is 2. The Balaban J connectivity index is 2.06. The molecule has 38 heavy (non-hydrogen) atoms. The van der Waals surface area contributed by atoms with Gasteiger partial charge in [0.1, 0.15) is 11.8 Å². The third-order valence-corrected chi connectivity index (χ3v) is 6.93. The van der Waals surface area contributed by atoms with E-state index in [9.17, 15) is 34.9 Å². The average Bonchev–Trinajstić information content (AvgIpc) is 3.17. The number of non-ortho nitro benzene ring substituents is 1. The van der Waals surface area contributed by atoms with Crippen molar-refractivity contribution in [2.45, 2.75) is 13.0 Å². The summed E-state index contributed by atoms with van der Waals surface area (Å²) in [6, 6.07) is 5.11. The first kappa shape index (κ1) is 26.5. The van der Waals surface area contributed by atoms with E-state index in [1.165, 1.54) is 24.9 Å². The maximum Gasteiger partial charge on any atom is 0.338 e. The van der Waals surface area contributed by atoms with Crippen molar-refractivity contribution in [3.05, 3.63) is 97.7 Å². The molecule has 0 radical (unpaired) electrons. The summed E-state index contributed by atoms with van der Waals surface area (Å²) >= 11 is 7.08. The van der Waals surface area contributed by atoms with Crippen LogP contribution in [0, 0.1) is 20.2 Å². The number of nitrogens with zero attached hydrogens (tertiary/aromatic N) is 4. The monoisotopic (exact) mass is 560 g/mol. The van der Waals surface area contributed by atoms with Gasteiger partial charge in [-0.2, -0.15) is 0 Å². The standard InChI is InChI=1S/C23H17ClN4O9S/c1-10-18(22(31)37-3)19(14-8-12(24)4-5-16(14)36-2)26-21(30)17(38-23(26)25-10)7-11-6-13(27(32)33)9-15(20(11)29)28(34)35/h4-9,19,29H,1-3H3/b17-7-/t19-/m0/s1. The molecule has 0 fully saturated rings. The van der Waals surface area contributed by atoms with Crippen LogP contribution in [0.5, 0.6) is 11.5 Å². The van der Waals surface area contributed by atoms with Gasteiger partial charge in [-0.15, -0.1) is 0 Å². The number of hydrogen-bond acceptors (Lipinski definition) is 11. The summed E-state index contributed by atoms with van der Waals surface area (Å²) in [5, 5.41) is 33.4. The van der Waals surface area contributed by atoms with Gasteiger partial charge in [-0.25, -0.2) is 9.79 Å². The molecule has 1 aromatic heterocycles. The number of phenolic OH excluding ortho intramolecular Hbond substituents is 1. The van der Waals surface area contributed by atoms with Crippen molar-refractivity contribution in [1.82, 2.24) is 4.57 Å². The van der Waals surface area contributed by atoms with Gasteiger partial charge in [0.05, 0.1) is 45.9 Å².